The first-order valence-electron chi connectivity index (χ1n) is 18.0. The van der Waals surface area contributed by atoms with Crippen LogP contribution in [0.3, 0.4) is 0 Å². The Hall–Kier alpha value is -3.55. The molecule has 52 heavy (non-hydrogen) atoms. The molecule has 1 aliphatic rings. The third-order valence-electron chi connectivity index (χ3n) is 7.50. The molecule has 1 saturated heterocycles. The van der Waals surface area contributed by atoms with Crippen molar-refractivity contribution in [2.45, 2.75) is 130 Å². The van der Waals surface area contributed by atoms with E-state index in [-0.39, 0.29) is 58.7 Å². The van der Waals surface area contributed by atoms with Gasteiger partial charge in [-0.1, -0.05) is 30.3 Å². The molecule has 1 fully saturated rings. The van der Waals surface area contributed by atoms with Crippen molar-refractivity contribution in [3.05, 3.63) is 35.9 Å². The third-order valence-corrected chi connectivity index (χ3v) is 7.50. The van der Waals surface area contributed by atoms with Crippen LogP contribution in [0, 0.1) is 0 Å². The van der Waals surface area contributed by atoms with Gasteiger partial charge in [0.05, 0.1) is 26.2 Å². The highest BCUT2D eigenvalue weighted by molar-refractivity contribution is 5.76. The Morgan fingerprint density at radius 1 is 0.596 bits per heavy atom. The van der Waals surface area contributed by atoms with Gasteiger partial charge in [-0.25, -0.2) is 0 Å². The number of hydrogen-bond donors (Lipinski definition) is 0. The molecule has 1 aromatic rings. The predicted molar refractivity (Wildman–Crippen MR) is 196 cm³/mol. The van der Waals surface area contributed by atoms with E-state index < -0.39 is 57.8 Å². The summed E-state index contributed by atoms with van der Waals surface area (Å²) in [4.78, 5) is 72.3. The van der Waals surface area contributed by atoms with Gasteiger partial charge in [0.2, 0.25) is 0 Å². The van der Waals surface area contributed by atoms with Gasteiger partial charge in [-0.3, -0.25) is 38.7 Å². The van der Waals surface area contributed by atoms with Crippen LogP contribution in [0.2, 0.25) is 0 Å². The molecular weight excluding hydrogens is 670 g/mol. The highest BCUT2D eigenvalue weighted by atomic mass is 16.6. The molecule has 0 radical (unpaired) electrons. The Kier molecular flexibility index (Phi) is 15.8. The van der Waals surface area contributed by atoms with Gasteiger partial charge in [-0.2, -0.15) is 0 Å². The smallest absolute Gasteiger partial charge is 0.320 e. The highest BCUT2D eigenvalue weighted by Gasteiger charge is 2.45. The van der Waals surface area contributed by atoms with Gasteiger partial charge < -0.3 is 23.7 Å². The maximum atomic E-state index is 13.6. The van der Waals surface area contributed by atoms with Crippen molar-refractivity contribution in [3.8, 4) is 0 Å². The molecule has 13 nitrogen and oxygen atoms in total. The van der Waals surface area contributed by atoms with E-state index in [2.05, 4.69) is 0 Å². The lowest BCUT2D eigenvalue weighted by Crippen LogP contribution is -2.63. The fourth-order valence-corrected chi connectivity index (χ4v) is 5.82. The average molecular weight is 734 g/mol. The molecule has 0 atom stereocenters. The molecule has 1 aromatic carbocycles. The molecule has 0 N–H and O–H groups in total. The Morgan fingerprint density at radius 3 is 1.37 bits per heavy atom. The van der Waals surface area contributed by atoms with Gasteiger partial charge in [0, 0.05) is 38.1 Å². The van der Waals surface area contributed by atoms with Gasteiger partial charge >= 0.3 is 29.8 Å². The lowest BCUT2D eigenvalue weighted by atomic mass is 9.89. The van der Waals surface area contributed by atoms with E-state index in [0.29, 0.717) is 13.1 Å². The normalized spacial score (nSPS) is 16.1. The van der Waals surface area contributed by atoms with E-state index in [1.807, 2.05) is 40.1 Å². The van der Waals surface area contributed by atoms with Crippen LogP contribution in [-0.4, -0.2) is 125 Å². The van der Waals surface area contributed by atoms with Crippen molar-refractivity contribution in [1.82, 2.24) is 14.7 Å². The maximum Gasteiger partial charge on any atom is 0.320 e. The van der Waals surface area contributed by atoms with E-state index in [9.17, 15) is 24.0 Å². The Morgan fingerprint density at radius 2 is 0.981 bits per heavy atom. The quantitative estimate of drug-likeness (QED) is 0.195. The second-order valence-electron chi connectivity index (χ2n) is 17.5. The van der Waals surface area contributed by atoms with Gasteiger partial charge in [0.15, 0.2) is 0 Å². The van der Waals surface area contributed by atoms with Crippen LogP contribution in [0.15, 0.2) is 30.3 Å². The molecule has 0 unspecified atom stereocenters. The SMILES string of the molecule is CC(C)(C)OC(=O)CN1CCN(CC(=O)OC(C)(C)C)CC(CCC(=O)OCc2ccccc2)(N(CC(=O)OC(C)(C)C)CC(=O)OC(C)(C)C)C1. The number of benzene rings is 1. The molecule has 1 heterocycles. The molecule has 1 aliphatic heterocycles. The van der Waals surface area contributed by atoms with Crippen LogP contribution < -0.4 is 0 Å². The summed E-state index contributed by atoms with van der Waals surface area (Å²) in [5.74, 6) is -2.60. The molecule has 0 spiro atoms. The largest absolute Gasteiger partial charge is 0.461 e. The van der Waals surface area contributed by atoms with Crippen molar-refractivity contribution < 1.29 is 47.7 Å². The molecule has 0 aromatic heterocycles. The van der Waals surface area contributed by atoms with Crippen molar-refractivity contribution in [3.63, 3.8) is 0 Å². The summed E-state index contributed by atoms with van der Waals surface area (Å²) < 4.78 is 28.4. The van der Waals surface area contributed by atoms with Gasteiger partial charge in [-0.05, 0) is 95.1 Å². The fraction of sp³-hybridized carbons (Fsp3) is 0.718. The first kappa shape index (κ1) is 44.6. The molecule has 0 saturated carbocycles. The second kappa shape index (κ2) is 18.5. The number of carbonyl (C=O) groups is 5. The average Bonchev–Trinajstić information content (AvgIpc) is 3.10. The summed E-state index contributed by atoms with van der Waals surface area (Å²) in [6, 6.07) is 9.29. The van der Waals surface area contributed by atoms with E-state index >= 15 is 0 Å². The predicted octanol–water partition coefficient (Wildman–Crippen LogP) is 4.54. The third kappa shape index (κ3) is 18.3. The van der Waals surface area contributed by atoms with Crippen LogP contribution in [0.25, 0.3) is 0 Å². The molecule has 294 valence electrons. The summed E-state index contributed by atoms with van der Waals surface area (Å²) in [6.07, 6.45) is 0.00831. The van der Waals surface area contributed by atoms with Crippen LogP contribution in [0.1, 0.15) is 101 Å². The van der Waals surface area contributed by atoms with Gasteiger partial charge in [0.1, 0.15) is 29.0 Å². The number of hydrogen-bond acceptors (Lipinski definition) is 13. The minimum absolute atomic E-state index is 0.0712. The minimum atomic E-state index is -1.18. The molecular formula is C39H63N3O10. The van der Waals surface area contributed by atoms with Crippen molar-refractivity contribution in [2.75, 3.05) is 52.4 Å². The Bertz CT molecular complexity index is 1280. The van der Waals surface area contributed by atoms with Crippen LogP contribution in [0.5, 0.6) is 0 Å². The lowest BCUT2D eigenvalue weighted by molar-refractivity contribution is -0.166. The lowest BCUT2D eigenvalue weighted by Gasteiger charge is -2.46. The standard InChI is InChI=1S/C39H63N3O10/c1-35(2,3)49-31(44)22-40-20-21-41(23-32(45)50-36(4,5)6)28-39(27-40,19-18-30(43)48-26-29-16-14-13-15-17-29)42(24-33(46)51-37(7,8)9)25-34(47)52-38(10,11)12/h13-17H,18-28H2,1-12H3. The number of esters is 5. The number of nitrogens with zero attached hydrogens (tertiary/aromatic N) is 3. The molecule has 0 amide bonds. The van der Waals surface area contributed by atoms with Crippen molar-refractivity contribution in [2.24, 2.45) is 0 Å². The number of ether oxygens (including phenoxy) is 5. The first-order chi connectivity index (χ1) is 23.7. The molecule has 0 aliphatic carbocycles. The fourth-order valence-electron chi connectivity index (χ4n) is 5.82. The Balaban J connectivity index is 2.65. The summed E-state index contributed by atoms with van der Waals surface area (Å²) >= 11 is 0. The summed E-state index contributed by atoms with van der Waals surface area (Å²) in [5.41, 5.74) is -3.46. The van der Waals surface area contributed by atoms with Crippen molar-refractivity contribution in [1.29, 1.82) is 0 Å². The second-order valence-corrected chi connectivity index (χ2v) is 17.5. The zero-order valence-corrected chi connectivity index (χ0v) is 33.6. The summed E-state index contributed by atoms with van der Waals surface area (Å²) in [7, 11) is 0. The topological polar surface area (TPSA) is 141 Å². The monoisotopic (exact) mass is 733 g/mol. The van der Waals surface area contributed by atoms with Crippen molar-refractivity contribution >= 4 is 29.8 Å². The first-order valence-corrected chi connectivity index (χ1v) is 18.0. The van der Waals surface area contributed by atoms with E-state index in [1.165, 1.54) is 0 Å². The van der Waals surface area contributed by atoms with Crippen LogP contribution in [-0.2, 0) is 54.3 Å². The zero-order chi connectivity index (χ0) is 39.5. The summed E-state index contributed by atoms with van der Waals surface area (Å²) in [6.45, 7) is 21.3. The highest BCUT2D eigenvalue weighted by Crippen LogP contribution is 2.29. The Labute approximate surface area is 310 Å². The maximum absolute atomic E-state index is 13.6. The minimum Gasteiger partial charge on any atom is -0.461 e. The molecule has 2 rings (SSSR count). The van der Waals surface area contributed by atoms with Gasteiger partial charge in [0.25, 0.3) is 0 Å². The molecule has 13 heteroatoms. The van der Waals surface area contributed by atoms with Crippen LogP contribution >= 0.6 is 0 Å². The van der Waals surface area contributed by atoms with E-state index in [0.717, 1.165) is 5.56 Å². The van der Waals surface area contributed by atoms with E-state index in [1.54, 1.807) is 88.0 Å². The summed E-state index contributed by atoms with van der Waals surface area (Å²) in [5, 5.41) is 0. The number of rotatable bonds is 14. The zero-order valence-electron chi connectivity index (χ0n) is 33.6. The van der Waals surface area contributed by atoms with E-state index in [4.69, 9.17) is 23.7 Å². The van der Waals surface area contributed by atoms with Crippen LogP contribution in [0.4, 0.5) is 0 Å². The van der Waals surface area contributed by atoms with Gasteiger partial charge in [-0.15, -0.1) is 0 Å². The number of carbonyl (C=O) groups excluding carboxylic acids is 5. The molecule has 0 bridgehead atoms.